The Balaban J connectivity index is 2.46. The van der Waals surface area contributed by atoms with E-state index in [0.717, 1.165) is 24.7 Å². The summed E-state index contributed by atoms with van der Waals surface area (Å²) in [6, 6.07) is 0.731. The average molecular weight is 381 g/mol. The first-order chi connectivity index (χ1) is 11.2. The molecule has 0 unspecified atom stereocenters. The fourth-order valence-corrected chi connectivity index (χ4v) is 4.83. The number of rotatable bonds is 12. The zero-order valence-electron chi connectivity index (χ0n) is 14.9. The molecule has 0 atom stereocenters. The first kappa shape index (κ1) is 21.3. The van der Waals surface area contributed by atoms with Gasteiger partial charge in [0.05, 0.1) is 23.2 Å². The van der Waals surface area contributed by atoms with Crippen LogP contribution in [-0.2, 0) is 36.5 Å². The van der Waals surface area contributed by atoms with Gasteiger partial charge in [-0.1, -0.05) is 0 Å². The molecule has 8 nitrogen and oxygen atoms in total. The van der Waals surface area contributed by atoms with E-state index in [1.807, 2.05) is 19.4 Å². The number of aryl methyl sites for hydroxylation is 3. The zero-order chi connectivity index (χ0) is 18.2. The van der Waals surface area contributed by atoms with Crippen molar-refractivity contribution in [3.05, 3.63) is 18.2 Å². The van der Waals surface area contributed by atoms with Crippen LogP contribution in [0.1, 0.15) is 25.0 Å². The Hall–Kier alpha value is -0.783. The third-order valence-corrected chi connectivity index (χ3v) is 7.59. The molecule has 0 saturated carbocycles. The number of imidazole rings is 1. The Morgan fingerprint density at radius 2 is 1.79 bits per heavy atom. The molecule has 0 bridgehead atoms. The van der Waals surface area contributed by atoms with Gasteiger partial charge in [0.15, 0.2) is 0 Å². The van der Waals surface area contributed by atoms with Gasteiger partial charge in [-0.25, -0.2) is 17.6 Å². The summed E-state index contributed by atoms with van der Waals surface area (Å²) in [5.74, 6) is -0.301. The molecule has 0 N–H and O–H groups in total. The normalized spacial score (nSPS) is 12.7. The van der Waals surface area contributed by atoms with E-state index >= 15 is 0 Å². The molecular formula is C14H28N2O6SSi. The maximum absolute atomic E-state index is 10.6. The summed E-state index contributed by atoms with van der Waals surface area (Å²) < 4.78 is 52.1. The molecule has 0 saturated heterocycles. The highest BCUT2D eigenvalue weighted by Gasteiger charge is 2.37. The van der Waals surface area contributed by atoms with Crippen molar-refractivity contribution in [3.63, 3.8) is 0 Å². The SMILES string of the molecule is CO[Si](CCC[n+]1cc(C)n(CCCCS(=O)(=O)[O-])c1)(OC)OC. The van der Waals surface area contributed by atoms with E-state index in [1.54, 1.807) is 21.3 Å². The van der Waals surface area contributed by atoms with Crippen molar-refractivity contribution in [3.8, 4) is 0 Å². The Bertz CT molecular complexity index is 592. The zero-order valence-corrected chi connectivity index (χ0v) is 16.7. The van der Waals surface area contributed by atoms with Crippen LogP contribution in [-0.4, -0.2) is 53.4 Å². The van der Waals surface area contributed by atoms with Gasteiger partial charge in [0.2, 0.25) is 6.33 Å². The molecule has 1 heterocycles. The van der Waals surface area contributed by atoms with Crippen LogP contribution in [0.25, 0.3) is 0 Å². The van der Waals surface area contributed by atoms with Crippen molar-refractivity contribution in [2.75, 3.05) is 27.1 Å². The van der Waals surface area contributed by atoms with Gasteiger partial charge in [-0.2, -0.15) is 0 Å². The summed E-state index contributed by atoms with van der Waals surface area (Å²) >= 11 is 0. The molecule has 0 radical (unpaired) electrons. The molecule has 0 aliphatic heterocycles. The van der Waals surface area contributed by atoms with Gasteiger partial charge in [-0.05, 0) is 19.3 Å². The van der Waals surface area contributed by atoms with Gasteiger partial charge in [-0.3, -0.25) is 0 Å². The van der Waals surface area contributed by atoms with Crippen LogP contribution in [0, 0.1) is 6.92 Å². The average Bonchev–Trinajstić information content (AvgIpc) is 2.88. The standard InChI is InChI=1S/C14H28N2O6SSi/c1-14-12-15(8-7-11-24(20-2,21-3)22-4)13-16(14)9-5-6-10-23(17,18)19/h12-13H,5-11H2,1-4H3. The van der Waals surface area contributed by atoms with E-state index in [9.17, 15) is 13.0 Å². The minimum absolute atomic E-state index is 0.301. The maximum atomic E-state index is 10.6. The summed E-state index contributed by atoms with van der Waals surface area (Å²) in [6.07, 6.45) is 5.94. The predicted molar refractivity (Wildman–Crippen MR) is 89.4 cm³/mol. The van der Waals surface area contributed by atoms with Crippen LogP contribution in [0.5, 0.6) is 0 Å². The van der Waals surface area contributed by atoms with E-state index in [-0.39, 0.29) is 5.75 Å². The summed E-state index contributed by atoms with van der Waals surface area (Å²) in [5.41, 5.74) is 1.09. The lowest BCUT2D eigenvalue weighted by Gasteiger charge is -2.23. The van der Waals surface area contributed by atoms with Crippen molar-refractivity contribution in [2.24, 2.45) is 0 Å². The molecule has 0 aliphatic carbocycles. The van der Waals surface area contributed by atoms with E-state index < -0.39 is 18.9 Å². The third-order valence-electron chi connectivity index (χ3n) is 3.97. The molecule has 0 aromatic carbocycles. The molecule has 1 aromatic rings. The molecule has 1 rings (SSSR count). The highest BCUT2D eigenvalue weighted by Crippen LogP contribution is 2.14. The molecule has 24 heavy (non-hydrogen) atoms. The van der Waals surface area contributed by atoms with Crippen LogP contribution in [0.3, 0.4) is 0 Å². The van der Waals surface area contributed by atoms with Crippen LogP contribution in [0.15, 0.2) is 12.5 Å². The Kier molecular flexibility index (Phi) is 8.54. The van der Waals surface area contributed by atoms with Crippen molar-refractivity contribution in [2.45, 2.75) is 45.3 Å². The Labute approximate surface area is 145 Å². The van der Waals surface area contributed by atoms with Gasteiger partial charge in [0, 0.05) is 40.1 Å². The first-order valence-corrected chi connectivity index (χ1v) is 11.4. The summed E-state index contributed by atoms with van der Waals surface area (Å²) in [7, 11) is -1.82. The highest BCUT2D eigenvalue weighted by atomic mass is 32.2. The largest absolute Gasteiger partial charge is 0.748 e. The number of unbranched alkanes of at least 4 members (excludes halogenated alkanes) is 1. The van der Waals surface area contributed by atoms with Gasteiger partial charge >= 0.3 is 8.80 Å². The molecule has 140 valence electrons. The van der Waals surface area contributed by atoms with Crippen LogP contribution in [0.4, 0.5) is 0 Å². The van der Waals surface area contributed by atoms with E-state index in [2.05, 4.69) is 9.13 Å². The molecule has 0 fully saturated rings. The van der Waals surface area contributed by atoms with Crippen molar-refractivity contribution in [1.29, 1.82) is 0 Å². The predicted octanol–water partition coefficient (Wildman–Crippen LogP) is 0.678. The smallest absolute Gasteiger partial charge is 0.500 e. The van der Waals surface area contributed by atoms with E-state index in [0.29, 0.717) is 19.4 Å². The first-order valence-electron chi connectivity index (χ1n) is 7.90. The molecule has 10 heteroatoms. The van der Waals surface area contributed by atoms with Crippen LogP contribution >= 0.6 is 0 Å². The quantitative estimate of drug-likeness (QED) is 0.229. The van der Waals surface area contributed by atoms with E-state index in [1.165, 1.54) is 0 Å². The fraction of sp³-hybridized carbons (Fsp3) is 0.786. The third kappa shape index (κ3) is 6.99. The summed E-state index contributed by atoms with van der Waals surface area (Å²) in [4.78, 5) is 0. The van der Waals surface area contributed by atoms with Crippen molar-refractivity contribution < 1.29 is 30.8 Å². The lowest BCUT2D eigenvalue weighted by Crippen LogP contribution is -2.43. The minimum atomic E-state index is -4.11. The lowest BCUT2D eigenvalue weighted by atomic mass is 10.3. The Morgan fingerprint density at radius 3 is 2.33 bits per heavy atom. The second kappa shape index (κ2) is 9.64. The van der Waals surface area contributed by atoms with Crippen LogP contribution < -0.4 is 4.57 Å². The van der Waals surface area contributed by atoms with Crippen molar-refractivity contribution in [1.82, 2.24) is 4.57 Å². The van der Waals surface area contributed by atoms with Crippen molar-refractivity contribution >= 4 is 18.9 Å². The second-order valence-corrected chi connectivity index (χ2v) is 10.3. The van der Waals surface area contributed by atoms with Crippen LogP contribution in [0.2, 0.25) is 6.04 Å². The number of aromatic nitrogens is 2. The number of hydrogen-bond donors (Lipinski definition) is 0. The second-order valence-electron chi connectivity index (χ2n) is 5.69. The maximum Gasteiger partial charge on any atom is 0.500 e. The van der Waals surface area contributed by atoms with E-state index in [4.69, 9.17) is 13.3 Å². The van der Waals surface area contributed by atoms with Gasteiger partial charge in [-0.15, -0.1) is 0 Å². The summed E-state index contributed by atoms with van der Waals surface area (Å²) in [5, 5.41) is 0. The molecule has 0 aliphatic rings. The molecule has 0 spiro atoms. The molecule has 1 aromatic heterocycles. The Morgan fingerprint density at radius 1 is 1.17 bits per heavy atom. The fourth-order valence-electron chi connectivity index (χ4n) is 2.57. The molecule has 0 amide bonds. The molecular weight excluding hydrogens is 352 g/mol. The number of nitrogens with zero attached hydrogens (tertiary/aromatic N) is 2. The van der Waals surface area contributed by atoms with Gasteiger partial charge in [0.25, 0.3) is 0 Å². The summed E-state index contributed by atoms with van der Waals surface area (Å²) in [6.45, 7) is 3.51. The minimum Gasteiger partial charge on any atom is -0.748 e. The lowest BCUT2D eigenvalue weighted by molar-refractivity contribution is -0.696. The highest BCUT2D eigenvalue weighted by molar-refractivity contribution is 7.85. The van der Waals surface area contributed by atoms with Gasteiger partial charge in [0.1, 0.15) is 11.9 Å². The number of hydrogen-bond acceptors (Lipinski definition) is 6. The topological polar surface area (TPSA) is 93.7 Å². The monoisotopic (exact) mass is 380 g/mol. The van der Waals surface area contributed by atoms with Gasteiger partial charge < -0.3 is 17.8 Å².